The van der Waals surface area contributed by atoms with Gasteiger partial charge in [0.2, 0.25) is 11.8 Å². The van der Waals surface area contributed by atoms with Gasteiger partial charge in [0, 0.05) is 44.1 Å². The molecule has 1 aliphatic heterocycles. The van der Waals surface area contributed by atoms with Gasteiger partial charge in [-0.2, -0.15) is 4.98 Å². The van der Waals surface area contributed by atoms with Gasteiger partial charge in [0.15, 0.2) is 0 Å². The summed E-state index contributed by atoms with van der Waals surface area (Å²) < 4.78 is 5.14. The highest BCUT2D eigenvalue weighted by molar-refractivity contribution is 5.50. The molecule has 0 atom stereocenters. The average Bonchev–Trinajstić information content (AvgIpc) is 2.56. The number of phenolic OH excluding ortho intramolecular Hbond substituents is 1. The van der Waals surface area contributed by atoms with E-state index in [9.17, 15) is 5.11 Å². The van der Waals surface area contributed by atoms with Gasteiger partial charge in [-0.3, -0.25) is 0 Å². The number of anilines is 2. The van der Waals surface area contributed by atoms with Crippen molar-refractivity contribution in [3.05, 3.63) is 36.5 Å². The molecule has 0 amide bonds. The molecule has 110 valence electrons. The van der Waals surface area contributed by atoms with Crippen LogP contribution in [0.1, 0.15) is 0 Å². The Hall–Kier alpha value is -2.50. The number of hydrogen-bond acceptors (Lipinski definition) is 6. The number of hydrogen-bond donors (Lipinski definition) is 1. The Balaban J connectivity index is 1.65. The van der Waals surface area contributed by atoms with E-state index in [4.69, 9.17) is 4.74 Å². The molecular weight excluding hydrogens is 268 g/mol. The zero-order chi connectivity index (χ0) is 14.7. The molecule has 21 heavy (non-hydrogen) atoms. The second kappa shape index (κ2) is 5.87. The van der Waals surface area contributed by atoms with E-state index in [0.717, 1.165) is 31.9 Å². The zero-order valence-corrected chi connectivity index (χ0v) is 11.9. The predicted octanol–water partition coefficient (Wildman–Crippen LogP) is 1.52. The number of benzene rings is 1. The van der Waals surface area contributed by atoms with Gasteiger partial charge in [0.25, 0.3) is 0 Å². The lowest BCUT2D eigenvalue weighted by Gasteiger charge is -2.36. The molecule has 6 heteroatoms. The molecule has 1 saturated heterocycles. The van der Waals surface area contributed by atoms with E-state index in [2.05, 4.69) is 19.8 Å². The van der Waals surface area contributed by atoms with Crippen LogP contribution in [0.2, 0.25) is 0 Å². The average molecular weight is 286 g/mol. The van der Waals surface area contributed by atoms with E-state index in [0.29, 0.717) is 17.6 Å². The number of rotatable bonds is 3. The third-order valence-electron chi connectivity index (χ3n) is 3.60. The fraction of sp³-hybridized carbons (Fsp3) is 0.333. The minimum Gasteiger partial charge on any atom is -0.508 e. The van der Waals surface area contributed by atoms with Crippen LogP contribution in [0.4, 0.5) is 11.6 Å². The van der Waals surface area contributed by atoms with Crippen LogP contribution in [-0.4, -0.2) is 48.4 Å². The summed E-state index contributed by atoms with van der Waals surface area (Å²) in [6, 6.07) is 9.05. The second-order valence-electron chi connectivity index (χ2n) is 4.89. The summed E-state index contributed by atoms with van der Waals surface area (Å²) in [4.78, 5) is 13.1. The van der Waals surface area contributed by atoms with Crippen LogP contribution in [0.5, 0.6) is 11.6 Å². The molecular formula is C15H18N4O2. The van der Waals surface area contributed by atoms with Gasteiger partial charge in [0.1, 0.15) is 5.75 Å². The van der Waals surface area contributed by atoms with Crippen molar-refractivity contribution in [1.29, 1.82) is 0 Å². The first-order valence-electron chi connectivity index (χ1n) is 6.92. The Kier molecular flexibility index (Phi) is 3.77. The van der Waals surface area contributed by atoms with Crippen LogP contribution in [0.3, 0.4) is 0 Å². The van der Waals surface area contributed by atoms with E-state index in [1.165, 1.54) is 0 Å². The molecule has 0 unspecified atom stereocenters. The van der Waals surface area contributed by atoms with Crippen molar-refractivity contribution in [3.63, 3.8) is 0 Å². The Labute approximate surface area is 123 Å². The highest BCUT2D eigenvalue weighted by atomic mass is 16.5. The topological polar surface area (TPSA) is 61.7 Å². The Morgan fingerprint density at radius 2 is 1.67 bits per heavy atom. The fourth-order valence-electron chi connectivity index (χ4n) is 2.43. The number of ether oxygens (including phenoxy) is 1. The highest BCUT2D eigenvalue weighted by Crippen LogP contribution is 2.21. The summed E-state index contributed by atoms with van der Waals surface area (Å²) in [5.74, 6) is 1.59. The number of methoxy groups -OCH3 is 1. The van der Waals surface area contributed by atoms with Gasteiger partial charge < -0.3 is 19.6 Å². The van der Waals surface area contributed by atoms with E-state index >= 15 is 0 Å². The summed E-state index contributed by atoms with van der Waals surface area (Å²) in [7, 11) is 1.61. The summed E-state index contributed by atoms with van der Waals surface area (Å²) >= 11 is 0. The molecule has 0 saturated carbocycles. The fourth-order valence-corrected chi connectivity index (χ4v) is 2.43. The van der Waals surface area contributed by atoms with E-state index in [-0.39, 0.29) is 0 Å². The Morgan fingerprint density at radius 3 is 2.33 bits per heavy atom. The molecule has 0 radical (unpaired) electrons. The zero-order valence-electron chi connectivity index (χ0n) is 11.9. The van der Waals surface area contributed by atoms with Crippen molar-refractivity contribution < 1.29 is 9.84 Å². The van der Waals surface area contributed by atoms with Crippen molar-refractivity contribution in [2.75, 3.05) is 43.1 Å². The third kappa shape index (κ3) is 2.99. The first kappa shape index (κ1) is 13.5. The Morgan fingerprint density at radius 1 is 1.00 bits per heavy atom. The normalized spacial score (nSPS) is 15.1. The van der Waals surface area contributed by atoms with Gasteiger partial charge in [-0.25, -0.2) is 4.98 Å². The van der Waals surface area contributed by atoms with Crippen molar-refractivity contribution in [2.45, 2.75) is 0 Å². The van der Waals surface area contributed by atoms with Gasteiger partial charge in [0.05, 0.1) is 7.11 Å². The number of phenols is 1. The largest absolute Gasteiger partial charge is 0.508 e. The van der Waals surface area contributed by atoms with Crippen LogP contribution >= 0.6 is 0 Å². The molecule has 1 aliphatic rings. The quantitative estimate of drug-likeness (QED) is 0.923. The molecule has 1 aromatic heterocycles. The van der Waals surface area contributed by atoms with Crippen molar-refractivity contribution >= 4 is 11.6 Å². The maximum atomic E-state index is 9.34. The number of aromatic hydroxyl groups is 1. The molecule has 2 heterocycles. The van der Waals surface area contributed by atoms with Crippen LogP contribution in [0, 0.1) is 0 Å². The van der Waals surface area contributed by atoms with Crippen molar-refractivity contribution in [3.8, 4) is 11.6 Å². The maximum Gasteiger partial charge on any atom is 0.228 e. The number of aromatic nitrogens is 2. The molecule has 0 bridgehead atoms. The lowest BCUT2D eigenvalue weighted by molar-refractivity contribution is 0.396. The number of piperazine rings is 1. The summed E-state index contributed by atoms with van der Waals surface area (Å²) in [6.07, 6.45) is 1.72. The summed E-state index contributed by atoms with van der Waals surface area (Å²) in [5, 5.41) is 9.34. The van der Waals surface area contributed by atoms with Gasteiger partial charge in [-0.1, -0.05) is 0 Å². The number of nitrogens with zero attached hydrogens (tertiary/aromatic N) is 4. The van der Waals surface area contributed by atoms with Crippen LogP contribution < -0.4 is 14.5 Å². The van der Waals surface area contributed by atoms with Crippen LogP contribution in [0.25, 0.3) is 0 Å². The van der Waals surface area contributed by atoms with Gasteiger partial charge in [-0.05, 0) is 24.3 Å². The maximum absolute atomic E-state index is 9.34. The van der Waals surface area contributed by atoms with Gasteiger partial charge in [-0.15, -0.1) is 0 Å². The lowest BCUT2D eigenvalue weighted by Crippen LogP contribution is -2.47. The smallest absolute Gasteiger partial charge is 0.228 e. The standard InChI is InChI=1S/C15H18N4O2/c1-21-14-6-7-16-15(17-14)19-10-8-18(9-11-19)12-2-4-13(20)5-3-12/h2-7,20H,8-11H2,1H3. The minimum atomic E-state index is 0.294. The Bertz CT molecular complexity index is 595. The summed E-state index contributed by atoms with van der Waals surface area (Å²) in [5.41, 5.74) is 1.12. The van der Waals surface area contributed by atoms with Crippen LogP contribution in [0.15, 0.2) is 36.5 Å². The SMILES string of the molecule is COc1ccnc(N2CCN(c3ccc(O)cc3)CC2)n1. The van der Waals surface area contributed by atoms with E-state index < -0.39 is 0 Å². The second-order valence-corrected chi connectivity index (χ2v) is 4.89. The molecule has 1 fully saturated rings. The summed E-state index contributed by atoms with van der Waals surface area (Å²) in [6.45, 7) is 3.50. The van der Waals surface area contributed by atoms with Crippen molar-refractivity contribution in [2.24, 2.45) is 0 Å². The first-order chi connectivity index (χ1) is 10.3. The van der Waals surface area contributed by atoms with Crippen LogP contribution in [-0.2, 0) is 0 Å². The molecule has 3 rings (SSSR count). The monoisotopic (exact) mass is 286 g/mol. The van der Waals surface area contributed by atoms with E-state index in [1.54, 1.807) is 31.5 Å². The van der Waals surface area contributed by atoms with Gasteiger partial charge >= 0.3 is 0 Å². The predicted molar refractivity (Wildman–Crippen MR) is 81.1 cm³/mol. The molecule has 0 aliphatic carbocycles. The molecule has 1 aromatic carbocycles. The minimum absolute atomic E-state index is 0.294. The molecule has 6 nitrogen and oxygen atoms in total. The van der Waals surface area contributed by atoms with Crippen molar-refractivity contribution in [1.82, 2.24) is 9.97 Å². The highest BCUT2D eigenvalue weighted by Gasteiger charge is 2.19. The third-order valence-corrected chi connectivity index (χ3v) is 3.60. The lowest BCUT2D eigenvalue weighted by atomic mass is 10.2. The molecule has 1 N–H and O–H groups in total. The molecule has 0 spiro atoms. The first-order valence-corrected chi connectivity index (χ1v) is 6.92. The molecule has 2 aromatic rings. The van der Waals surface area contributed by atoms with E-state index in [1.807, 2.05) is 12.1 Å².